The highest BCUT2D eigenvalue weighted by atomic mass is 79.9. The van der Waals surface area contributed by atoms with Crippen LogP contribution < -0.4 is 5.32 Å². The van der Waals surface area contributed by atoms with Crippen LogP contribution in [0, 0.1) is 11.3 Å². The molecule has 0 aliphatic heterocycles. The maximum absolute atomic E-state index is 12.7. The average molecular weight is 464 g/mol. The van der Waals surface area contributed by atoms with Crippen molar-refractivity contribution < 1.29 is 14.3 Å². The molecule has 1 aromatic carbocycles. The Bertz CT molecular complexity index is 886. The number of fused-ring (bicyclic) bond motifs is 1. The first-order valence-corrected chi connectivity index (χ1v) is 11.2. The van der Waals surface area contributed by atoms with Gasteiger partial charge in [-0.15, -0.1) is 11.3 Å². The van der Waals surface area contributed by atoms with Crippen LogP contribution in [-0.2, 0) is 17.6 Å². The van der Waals surface area contributed by atoms with Gasteiger partial charge in [0.1, 0.15) is 5.00 Å². The fraction of sp³-hybridized carbons (Fsp3) is 0.455. The van der Waals surface area contributed by atoms with E-state index in [1.165, 1.54) is 23.3 Å². The first-order valence-electron chi connectivity index (χ1n) is 9.56. The summed E-state index contributed by atoms with van der Waals surface area (Å²) in [5.41, 5.74) is 2.38. The van der Waals surface area contributed by atoms with Crippen LogP contribution in [0.4, 0.5) is 5.00 Å². The number of hydrogen-bond donors (Lipinski definition) is 1. The highest BCUT2D eigenvalue weighted by Crippen LogP contribution is 2.45. The normalized spacial score (nSPS) is 16.4. The zero-order valence-corrected chi connectivity index (χ0v) is 19.1. The number of rotatable bonds is 5. The number of anilines is 1. The third kappa shape index (κ3) is 4.18. The van der Waals surface area contributed by atoms with Gasteiger partial charge >= 0.3 is 5.97 Å². The van der Waals surface area contributed by atoms with Crippen molar-refractivity contribution in [3.8, 4) is 0 Å². The molecule has 0 radical (unpaired) electrons. The second-order valence-electron chi connectivity index (χ2n) is 7.94. The van der Waals surface area contributed by atoms with Crippen LogP contribution in [0.1, 0.15) is 64.8 Å². The topological polar surface area (TPSA) is 55.4 Å². The van der Waals surface area contributed by atoms with E-state index in [-0.39, 0.29) is 17.3 Å². The number of benzene rings is 1. The van der Waals surface area contributed by atoms with Crippen molar-refractivity contribution in [2.24, 2.45) is 11.3 Å². The Hall–Kier alpha value is -1.66. The standard InChI is InChI=1S/C22H26BrNO3S/c1-5-22(2,3)14-8-11-16-17(12-14)28-20(18(16)21(26)27-4)24-19(25)13-6-9-15(23)10-7-13/h6-7,9-10,14H,5,8,11-12H2,1-4H3,(H,24,25). The second kappa shape index (κ2) is 8.37. The molecule has 4 nitrogen and oxygen atoms in total. The summed E-state index contributed by atoms with van der Waals surface area (Å²) in [6.45, 7) is 6.86. The van der Waals surface area contributed by atoms with Crippen LogP contribution in [0.2, 0.25) is 0 Å². The van der Waals surface area contributed by atoms with Gasteiger partial charge in [0.25, 0.3) is 5.91 Å². The molecule has 1 aliphatic rings. The summed E-state index contributed by atoms with van der Waals surface area (Å²) in [6, 6.07) is 7.16. The van der Waals surface area contributed by atoms with Gasteiger partial charge in [0, 0.05) is 14.9 Å². The number of hydrogen-bond acceptors (Lipinski definition) is 4. The van der Waals surface area contributed by atoms with Crippen molar-refractivity contribution in [3.63, 3.8) is 0 Å². The predicted octanol–water partition coefficient (Wildman–Crippen LogP) is 6.09. The van der Waals surface area contributed by atoms with Gasteiger partial charge in [0.05, 0.1) is 12.7 Å². The van der Waals surface area contributed by atoms with Crippen LogP contribution in [0.3, 0.4) is 0 Å². The predicted molar refractivity (Wildman–Crippen MR) is 117 cm³/mol. The lowest BCUT2D eigenvalue weighted by Gasteiger charge is -2.36. The number of nitrogens with one attached hydrogen (secondary N) is 1. The van der Waals surface area contributed by atoms with E-state index in [1.54, 1.807) is 12.1 Å². The van der Waals surface area contributed by atoms with Crippen molar-refractivity contribution in [3.05, 3.63) is 50.3 Å². The van der Waals surface area contributed by atoms with E-state index >= 15 is 0 Å². The number of amides is 1. The Morgan fingerprint density at radius 1 is 1.29 bits per heavy atom. The fourth-order valence-electron chi connectivity index (χ4n) is 3.72. The number of halogens is 1. The van der Waals surface area contributed by atoms with Crippen LogP contribution in [-0.4, -0.2) is 19.0 Å². The van der Waals surface area contributed by atoms with Gasteiger partial charge in [-0.3, -0.25) is 4.79 Å². The first kappa shape index (κ1) is 21.1. The molecule has 0 saturated heterocycles. The number of esters is 1. The molecule has 1 heterocycles. The lowest BCUT2D eigenvalue weighted by Crippen LogP contribution is -2.28. The monoisotopic (exact) mass is 463 g/mol. The molecule has 0 bridgehead atoms. The SMILES string of the molecule is CCC(C)(C)C1CCc2c(sc(NC(=O)c3ccc(Br)cc3)c2C(=O)OC)C1. The quantitative estimate of drug-likeness (QED) is 0.545. The Labute approximate surface area is 178 Å². The second-order valence-corrected chi connectivity index (χ2v) is 9.96. The number of methoxy groups -OCH3 is 1. The first-order chi connectivity index (χ1) is 13.3. The minimum atomic E-state index is -0.378. The molecule has 1 N–H and O–H groups in total. The molecule has 28 heavy (non-hydrogen) atoms. The summed E-state index contributed by atoms with van der Waals surface area (Å²) in [5.74, 6) is -0.0253. The van der Waals surface area contributed by atoms with Gasteiger partial charge in [-0.2, -0.15) is 0 Å². The van der Waals surface area contributed by atoms with Gasteiger partial charge in [-0.05, 0) is 60.4 Å². The molecule has 1 unspecified atom stereocenters. The van der Waals surface area contributed by atoms with Crippen molar-refractivity contribution >= 4 is 44.1 Å². The smallest absolute Gasteiger partial charge is 0.341 e. The molecule has 0 saturated carbocycles. The number of thiophene rings is 1. The van der Waals surface area contributed by atoms with Crippen LogP contribution in [0.15, 0.2) is 28.7 Å². The fourth-order valence-corrected chi connectivity index (χ4v) is 5.30. The van der Waals surface area contributed by atoms with E-state index in [0.717, 1.165) is 35.7 Å². The molecular weight excluding hydrogens is 438 g/mol. The van der Waals surface area contributed by atoms with Gasteiger partial charge < -0.3 is 10.1 Å². The maximum atomic E-state index is 12.7. The average Bonchev–Trinajstić information content (AvgIpc) is 3.04. The zero-order chi connectivity index (χ0) is 20.5. The molecule has 150 valence electrons. The lowest BCUT2D eigenvalue weighted by molar-refractivity contribution is 0.0600. The van der Waals surface area contributed by atoms with Crippen LogP contribution >= 0.6 is 27.3 Å². The minimum Gasteiger partial charge on any atom is -0.465 e. The summed E-state index contributed by atoms with van der Waals surface area (Å²) in [6.07, 6.45) is 3.96. The lowest BCUT2D eigenvalue weighted by atomic mass is 9.69. The molecule has 2 aromatic rings. The van der Waals surface area contributed by atoms with E-state index in [0.29, 0.717) is 22.0 Å². The zero-order valence-electron chi connectivity index (χ0n) is 16.7. The number of carbonyl (C=O) groups is 2. The minimum absolute atomic E-state index is 0.221. The molecule has 1 amide bonds. The van der Waals surface area contributed by atoms with Crippen molar-refractivity contribution in [2.45, 2.75) is 46.5 Å². The van der Waals surface area contributed by atoms with E-state index in [4.69, 9.17) is 4.74 Å². The Kier molecular flexibility index (Phi) is 6.30. The molecule has 3 rings (SSSR count). The van der Waals surface area contributed by atoms with Crippen molar-refractivity contribution in [2.75, 3.05) is 12.4 Å². The van der Waals surface area contributed by atoms with Gasteiger partial charge in [-0.25, -0.2) is 4.79 Å². The number of carbonyl (C=O) groups excluding carboxylic acids is 2. The van der Waals surface area contributed by atoms with Gasteiger partial charge in [-0.1, -0.05) is 43.1 Å². The van der Waals surface area contributed by atoms with Crippen LogP contribution in [0.5, 0.6) is 0 Å². The molecule has 6 heteroatoms. The summed E-state index contributed by atoms with van der Waals surface area (Å²) in [4.78, 5) is 26.4. The van der Waals surface area contributed by atoms with E-state index < -0.39 is 0 Å². The maximum Gasteiger partial charge on any atom is 0.341 e. The van der Waals surface area contributed by atoms with E-state index in [2.05, 4.69) is 42.0 Å². The largest absolute Gasteiger partial charge is 0.465 e. The third-order valence-corrected chi connectivity index (χ3v) is 7.70. The molecule has 1 aromatic heterocycles. The van der Waals surface area contributed by atoms with Gasteiger partial charge in [0.2, 0.25) is 0 Å². The molecule has 0 fully saturated rings. The van der Waals surface area contributed by atoms with Gasteiger partial charge in [0.15, 0.2) is 0 Å². The number of ether oxygens (including phenoxy) is 1. The molecular formula is C22H26BrNO3S. The Morgan fingerprint density at radius 3 is 2.57 bits per heavy atom. The van der Waals surface area contributed by atoms with Crippen molar-refractivity contribution in [1.82, 2.24) is 0 Å². The highest BCUT2D eigenvalue weighted by Gasteiger charge is 2.35. The summed E-state index contributed by atoms with van der Waals surface area (Å²) in [5, 5.41) is 3.55. The Morgan fingerprint density at radius 2 is 1.96 bits per heavy atom. The van der Waals surface area contributed by atoms with E-state index in [9.17, 15) is 9.59 Å². The molecule has 1 aliphatic carbocycles. The third-order valence-electron chi connectivity index (χ3n) is 6.00. The molecule has 1 atom stereocenters. The summed E-state index contributed by atoms with van der Waals surface area (Å²) in [7, 11) is 1.39. The van der Waals surface area contributed by atoms with E-state index in [1.807, 2.05) is 12.1 Å². The van der Waals surface area contributed by atoms with Crippen molar-refractivity contribution in [1.29, 1.82) is 0 Å². The summed E-state index contributed by atoms with van der Waals surface area (Å²) < 4.78 is 5.94. The van der Waals surface area contributed by atoms with Crippen LogP contribution in [0.25, 0.3) is 0 Å². The Balaban J connectivity index is 1.92. The summed E-state index contributed by atoms with van der Waals surface area (Å²) >= 11 is 4.90. The highest BCUT2D eigenvalue weighted by molar-refractivity contribution is 9.10. The molecule has 0 spiro atoms.